The Kier molecular flexibility index (Phi) is 6.00. The van der Waals surface area contributed by atoms with Gasteiger partial charge >= 0.3 is 5.69 Å². The number of fused-ring (bicyclic) bond motifs is 1. The number of benzene rings is 2. The van der Waals surface area contributed by atoms with Gasteiger partial charge in [0, 0.05) is 19.3 Å². The molecule has 5 rings (SSSR count). The summed E-state index contributed by atoms with van der Waals surface area (Å²) in [5.74, 6) is 1.27. The number of likely N-dealkylation sites (tertiary alicyclic amines) is 1. The number of pyridine rings is 1. The van der Waals surface area contributed by atoms with E-state index < -0.39 is 6.10 Å². The number of rotatable bonds is 5. The van der Waals surface area contributed by atoms with Crippen LogP contribution in [0.25, 0.3) is 16.7 Å². The van der Waals surface area contributed by atoms with Gasteiger partial charge in [-0.3, -0.25) is 13.9 Å². The van der Waals surface area contributed by atoms with Gasteiger partial charge in [0.05, 0.1) is 17.2 Å². The lowest BCUT2D eigenvalue weighted by atomic mass is 10.0. The number of nitrogens with zero attached hydrogens (tertiary/aromatic N) is 4. The van der Waals surface area contributed by atoms with Gasteiger partial charge in [-0.2, -0.15) is 0 Å². The van der Waals surface area contributed by atoms with Crippen molar-refractivity contribution >= 4 is 22.8 Å². The molecule has 2 atom stereocenters. The van der Waals surface area contributed by atoms with Crippen LogP contribution in [-0.4, -0.2) is 49.2 Å². The number of anilines is 1. The van der Waals surface area contributed by atoms with Crippen LogP contribution in [0.3, 0.4) is 0 Å². The number of para-hydroxylation sites is 1. The van der Waals surface area contributed by atoms with Crippen LogP contribution in [0.4, 0.5) is 5.82 Å². The number of imidazole rings is 1. The fourth-order valence-corrected chi connectivity index (χ4v) is 4.70. The molecule has 9 heteroatoms. The first-order valence-electron chi connectivity index (χ1n) is 11.6. The molecule has 2 aromatic carbocycles. The molecule has 2 aromatic heterocycles. The lowest BCUT2D eigenvalue weighted by molar-refractivity contribution is -0.140. The molecule has 0 saturated carbocycles. The number of hydrogen-bond acceptors (Lipinski definition) is 6. The number of piperidine rings is 1. The quantitative estimate of drug-likeness (QED) is 0.460. The number of aliphatic hydroxyl groups excluding tert-OH is 1. The maximum Gasteiger partial charge on any atom is 0.334 e. The average Bonchev–Trinajstić information content (AvgIpc) is 3.17. The molecule has 35 heavy (non-hydrogen) atoms. The molecular weight excluding hydrogens is 446 g/mol. The number of aliphatic hydroxyl groups is 1. The largest absolute Gasteiger partial charge is 0.457 e. The predicted molar refractivity (Wildman–Crippen MR) is 133 cm³/mol. The van der Waals surface area contributed by atoms with Crippen molar-refractivity contribution in [3.8, 4) is 17.2 Å². The van der Waals surface area contributed by atoms with Crippen LogP contribution in [-0.2, 0) is 4.79 Å². The first kappa shape index (κ1) is 22.7. The Morgan fingerprint density at radius 3 is 2.54 bits per heavy atom. The number of nitrogens with two attached hydrogens (primary N) is 1. The fraction of sp³-hybridized carbons (Fsp3) is 0.269. The Morgan fingerprint density at radius 1 is 1.11 bits per heavy atom. The van der Waals surface area contributed by atoms with Gasteiger partial charge in [-0.15, -0.1) is 0 Å². The molecule has 1 unspecified atom stereocenters. The molecule has 0 bridgehead atoms. The molecule has 9 nitrogen and oxygen atoms in total. The number of ether oxygens (including phenoxy) is 1. The Hall–Kier alpha value is -4.11. The number of amides is 1. The number of aromatic nitrogens is 3. The topological polar surface area (TPSA) is 116 Å². The monoisotopic (exact) mass is 473 g/mol. The van der Waals surface area contributed by atoms with Crippen molar-refractivity contribution in [1.82, 2.24) is 19.0 Å². The summed E-state index contributed by atoms with van der Waals surface area (Å²) in [5, 5.41) is 9.76. The van der Waals surface area contributed by atoms with Crippen LogP contribution >= 0.6 is 0 Å². The van der Waals surface area contributed by atoms with Gasteiger partial charge in [-0.25, -0.2) is 9.78 Å². The van der Waals surface area contributed by atoms with Gasteiger partial charge in [0.15, 0.2) is 0 Å². The molecule has 0 radical (unpaired) electrons. The van der Waals surface area contributed by atoms with Gasteiger partial charge in [0.1, 0.15) is 28.9 Å². The van der Waals surface area contributed by atoms with Crippen molar-refractivity contribution in [3.63, 3.8) is 0 Å². The first-order chi connectivity index (χ1) is 16.9. The van der Waals surface area contributed by atoms with Crippen molar-refractivity contribution in [2.75, 3.05) is 18.8 Å². The van der Waals surface area contributed by atoms with Crippen molar-refractivity contribution < 1.29 is 14.6 Å². The summed E-state index contributed by atoms with van der Waals surface area (Å²) in [6, 6.07) is 18.2. The molecule has 1 fully saturated rings. The standard InChI is InChI=1S/C26H27N5O4/c1-17(32)25(33)29-15-5-6-19(16-29)30-22-13-14-28-24(27)23(22)31(26(30)34)18-9-11-21(12-10-18)35-20-7-3-2-4-8-20/h2-4,7-14,17,19,32H,5-6,15-16H2,1H3,(H2,27,28)/t17?,19-/m0/s1. The van der Waals surface area contributed by atoms with Crippen LogP contribution in [0.5, 0.6) is 11.5 Å². The molecule has 4 aromatic rings. The molecule has 1 aliphatic heterocycles. The normalized spacial score (nSPS) is 16.9. The SMILES string of the molecule is CC(O)C(=O)N1CCC[C@H](n2c(=O)n(-c3ccc(Oc4ccccc4)cc3)c3c(N)nccc32)C1. The average molecular weight is 474 g/mol. The van der Waals surface area contributed by atoms with E-state index >= 15 is 0 Å². The minimum Gasteiger partial charge on any atom is -0.457 e. The van der Waals surface area contributed by atoms with E-state index in [1.54, 1.807) is 50.6 Å². The van der Waals surface area contributed by atoms with E-state index in [1.807, 2.05) is 30.3 Å². The second kappa shape index (κ2) is 9.27. The Balaban J connectivity index is 1.54. The van der Waals surface area contributed by atoms with Crippen LogP contribution in [0.2, 0.25) is 0 Å². The molecule has 3 heterocycles. The summed E-state index contributed by atoms with van der Waals surface area (Å²) in [6.07, 6.45) is 1.96. The molecule has 3 N–H and O–H groups in total. The van der Waals surface area contributed by atoms with E-state index in [9.17, 15) is 14.7 Å². The minimum atomic E-state index is -1.08. The van der Waals surface area contributed by atoms with Crippen molar-refractivity contribution in [2.45, 2.75) is 31.9 Å². The third-order valence-electron chi connectivity index (χ3n) is 6.32. The molecular formula is C26H27N5O4. The molecule has 0 aliphatic carbocycles. The Morgan fingerprint density at radius 2 is 1.83 bits per heavy atom. The summed E-state index contributed by atoms with van der Waals surface area (Å²) < 4.78 is 9.13. The summed E-state index contributed by atoms with van der Waals surface area (Å²) in [5.41, 5.74) is 7.80. The smallest absolute Gasteiger partial charge is 0.334 e. The van der Waals surface area contributed by atoms with Gasteiger partial charge < -0.3 is 20.5 Å². The highest BCUT2D eigenvalue weighted by Gasteiger charge is 2.30. The lowest BCUT2D eigenvalue weighted by Gasteiger charge is -2.34. The van der Waals surface area contributed by atoms with E-state index in [4.69, 9.17) is 10.5 Å². The van der Waals surface area contributed by atoms with E-state index in [-0.39, 0.29) is 23.5 Å². The number of nitrogen functional groups attached to an aromatic ring is 1. The minimum absolute atomic E-state index is 0.245. The van der Waals surface area contributed by atoms with Crippen LogP contribution in [0.1, 0.15) is 25.8 Å². The van der Waals surface area contributed by atoms with Crippen molar-refractivity contribution in [3.05, 3.63) is 77.3 Å². The second-order valence-electron chi connectivity index (χ2n) is 8.72. The van der Waals surface area contributed by atoms with Crippen molar-refractivity contribution in [1.29, 1.82) is 0 Å². The van der Waals surface area contributed by atoms with Gasteiger partial charge in [0.25, 0.3) is 5.91 Å². The number of carbonyl (C=O) groups excluding carboxylic acids is 1. The molecule has 1 aliphatic rings. The highest BCUT2D eigenvalue weighted by Crippen LogP contribution is 2.29. The summed E-state index contributed by atoms with van der Waals surface area (Å²) >= 11 is 0. The molecule has 0 spiro atoms. The second-order valence-corrected chi connectivity index (χ2v) is 8.72. The molecule has 180 valence electrons. The van der Waals surface area contributed by atoms with Gasteiger partial charge in [0.2, 0.25) is 0 Å². The zero-order valence-electron chi connectivity index (χ0n) is 19.4. The number of carbonyl (C=O) groups is 1. The summed E-state index contributed by atoms with van der Waals surface area (Å²) in [7, 11) is 0. The lowest BCUT2D eigenvalue weighted by Crippen LogP contribution is -2.46. The zero-order valence-corrected chi connectivity index (χ0v) is 19.4. The number of hydrogen-bond donors (Lipinski definition) is 2. The zero-order chi connectivity index (χ0) is 24.5. The van der Waals surface area contributed by atoms with E-state index in [0.717, 1.165) is 18.6 Å². The van der Waals surface area contributed by atoms with Crippen LogP contribution in [0, 0.1) is 0 Å². The van der Waals surface area contributed by atoms with Gasteiger partial charge in [-0.1, -0.05) is 18.2 Å². The summed E-state index contributed by atoms with van der Waals surface area (Å²) in [4.78, 5) is 32.0. The fourth-order valence-electron chi connectivity index (χ4n) is 4.70. The highest BCUT2D eigenvalue weighted by atomic mass is 16.5. The Labute approximate surface area is 202 Å². The third-order valence-corrected chi connectivity index (χ3v) is 6.32. The van der Waals surface area contributed by atoms with Crippen LogP contribution in [0.15, 0.2) is 71.7 Å². The predicted octanol–water partition coefficient (Wildman–Crippen LogP) is 3.11. The first-order valence-corrected chi connectivity index (χ1v) is 11.6. The summed E-state index contributed by atoms with van der Waals surface area (Å²) in [6.45, 7) is 2.36. The van der Waals surface area contributed by atoms with E-state index in [2.05, 4.69) is 4.98 Å². The van der Waals surface area contributed by atoms with E-state index in [1.165, 1.54) is 6.92 Å². The maximum absolute atomic E-state index is 13.8. The van der Waals surface area contributed by atoms with Crippen molar-refractivity contribution in [2.24, 2.45) is 0 Å². The van der Waals surface area contributed by atoms with E-state index in [0.29, 0.717) is 35.6 Å². The van der Waals surface area contributed by atoms with Crippen LogP contribution < -0.4 is 16.2 Å². The maximum atomic E-state index is 13.8. The van der Waals surface area contributed by atoms with Gasteiger partial charge in [-0.05, 0) is 62.2 Å². The Bertz CT molecular complexity index is 1410. The third kappa shape index (κ3) is 4.26. The molecule has 1 saturated heterocycles. The highest BCUT2D eigenvalue weighted by molar-refractivity contribution is 5.87. The molecule has 1 amide bonds.